The van der Waals surface area contributed by atoms with Gasteiger partial charge in [-0.3, -0.25) is 9.78 Å². The van der Waals surface area contributed by atoms with E-state index in [1.807, 2.05) is 12.1 Å². The van der Waals surface area contributed by atoms with Gasteiger partial charge >= 0.3 is 0 Å². The number of rotatable bonds is 4. The number of aliphatic hydroxyl groups is 1. The van der Waals surface area contributed by atoms with Gasteiger partial charge in [-0.2, -0.15) is 0 Å². The fourth-order valence-corrected chi connectivity index (χ4v) is 2.49. The molecule has 0 radical (unpaired) electrons. The van der Waals surface area contributed by atoms with E-state index in [0.717, 1.165) is 31.2 Å². The zero-order chi connectivity index (χ0) is 13.7. The molecule has 0 atom stereocenters. The predicted octanol–water partition coefficient (Wildman–Crippen LogP) is 1.68. The summed E-state index contributed by atoms with van der Waals surface area (Å²) in [5.74, 6) is 0.644. The summed E-state index contributed by atoms with van der Waals surface area (Å²) < 4.78 is 0. The van der Waals surface area contributed by atoms with Crippen molar-refractivity contribution >= 4 is 5.91 Å². The molecule has 1 heterocycles. The summed E-state index contributed by atoms with van der Waals surface area (Å²) in [6.07, 6.45) is 7.34. The molecule has 2 N–H and O–H groups in total. The molecule has 0 saturated heterocycles. The lowest BCUT2D eigenvalue weighted by molar-refractivity contribution is -0.122. The maximum atomic E-state index is 11.8. The quantitative estimate of drug-likeness (QED) is 0.868. The Morgan fingerprint density at radius 3 is 2.68 bits per heavy atom. The van der Waals surface area contributed by atoms with E-state index < -0.39 is 5.60 Å². The van der Waals surface area contributed by atoms with Crippen molar-refractivity contribution < 1.29 is 9.90 Å². The third-order valence-electron chi connectivity index (χ3n) is 3.93. The van der Waals surface area contributed by atoms with Gasteiger partial charge in [0.05, 0.1) is 12.0 Å². The molecule has 1 aliphatic rings. The maximum Gasteiger partial charge on any atom is 0.224 e. The molecule has 1 aromatic rings. The molecule has 4 nitrogen and oxygen atoms in total. The molecule has 1 saturated carbocycles. The Labute approximate surface area is 114 Å². The number of hydrogen-bond donors (Lipinski definition) is 2. The molecule has 1 fully saturated rings. The van der Waals surface area contributed by atoms with Gasteiger partial charge in [0.2, 0.25) is 5.91 Å². The van der Waals surface area contributed by atoms with Crippen molar-refractivity contribution in [3.8, 4) is 0 Å². The topological polar surface area (TPSA) is 62.2 Å². The highest BCUT2D eigenvalue weighted by molar-refractivity contribution is 5.78. The number of carbonyl (C=O) groups is 1. The molecule has 1 amide bonds. The second-order valence-electron chi connectivity index (χ2n) is 5.72. The minimum Gasteiger partial charge on any atom is -0.388 e. The zero-order valence-electron chi connectivity index (χ0n) is 11.4. The van der Waals surface area contributed by atoms with Crippen LogP contribution in [0.15, 0.2) is 24.5 Å². The molecule has 0 spiro atoms. The van der Waals surface area contributed by atoms with E-state index in [2.05, 4.69) is 17.2 Å². The fourth-order valence-electron chi connectivity index (χ4n) is 2.49. The van der Waals surface area contributed by atoms with E-state index in [1.54, 1.807) is 12.4 Å². The number of pyridine rings is 1. The summed E-state index contributed by atoms with van der Waals surface area (Å²) in [6, 6.07) is 3.66. The van der Waals surface area contributed by atoms with Gasteiger partial charge in [0.25, 0.3) is 0 Å². The number of nitrogens with one attached hydrogen (secondary N) is 1. The smallest absolute Gasteiger partial charge is 0.224 e. The lowest BCUT2D eigenvalue weighted by Gasteiger charge is -2.34. The summed E-state index contributed by atoms with van der Waals surface area (Å²) in [4.78, 5) is 15.7. The van der Waals surface area contributed by atoms with E-state index in [0.29, 0.717) is 18.9 Å². The van der Waals surface area contributed by atoms with Crippen LogP contribution in [0.25, 0.3) is 0 Å². The van der Waals surface area contributed by atoms with Crippen LogP contribution in [0.1, 0.15) is 38.2 Å². The van der Waals surface area contributed by atoms with Gasteiger partial charge in [-0.05, 0) is 49.3 Å². The Morgan fingerprint density at radius 2 is 2.05 bits per heavy atom. The van der Waals surface area contributed by atoms with Crippen molar-refractivity contribution in [3.05, 3.63) is 30.1 Å². The van der Waals surface area contributed by atoms with Crippen LogP contribution in [0.4, 0.5) is 0 Å². The summed E-state index contributed by atoms with van der Waals surface area (Å²) >= 11 is 0. The van der Waals surface area contributed by atoms with Crippen LogP contribution in [0.2, 0.25) is 0 Å². The Bertz CT molecular complexity index is 411. The number of nitrogens with zero attached hydrogens (tertiary/aromatic N) is 1. The molecule has 0 aliphatic heterocycles. The van der Waals surface area contributed by atoms with Crippen molar-refractivity contribution in [2.75, 3.05) is 6.54 Å². The zero-order valence-corrected chi connectivity index (χ0v) is 11.4. The van der Waals surface area contributed by atoms with Gasteiger partial charge < -0.3 is 10.4 Å². The average Bonchev–Trinajstić information content (AvgIpc) is 2.42. The van der Waals surface area contributed by atoms with Crippen LogP contribution in [-0.2, 0) is 11.2 Å². The highest BCUT2D eigenvalue weighted by Crippen LogP contribution is 2.31. The number of aromatic nitrogens is 1. The third-order valence-corrected chi connectivity index (χ3v) is 3.93. The van der Waals surface area contributed by atoms with Crippen molar-refractivity contribution in [3.63, 3.8) is 0 Å². The third kappa shape index (κ3) is 4.31. The molecule has 4 heteroatoms. The Morgan fingerprint density at radius 1 is 1.42 bits per heavy atom. The molecule has 104 valence electrons. The Balaban J connectivity index is 1.77. The number of hydrogen-bond acceptors (Lipinski definition) is 3. The first-order valence-corrected chi connectivity index (χ1v) is 6.95. The summed E-state index contributed by atoms with van der Waals surface area (Å²) in [5.41, 5.74) is 0.234. The number of amides is 1. The fraction of sp³-hybridized carbons (Fsp3) is 0.600. The van der Waals surface area contributed by atoms with Gasteiger partial charge in [-0.25, -0.2) is 0 Å². The van der Waals surface area contributed by atoms with Gasteiger partial charge in [0.15, 0.2) is 0 Å². The van der Waals surface area contributed by atoms with Crippen LogP contribution in [-0.4, -0.2) is 28.1 Å². The monoisotopic (exact) mass is 262 g/mol. The van der Waals surface area contributed by atoms with E-state index in [-0.39, 0.29) is 5.91 Å². The molecule has 0 bridgehead atoms. The summed E-state index contributed by atoms with van der Waals surface area (Å²) in [5, 5.41) is 13.2. The molecule has 0 aromatic carbocycles. The van der Waals surface area contributed by atoms with Gasteiger partial charge in [0.1, 0.15) is 0 Å². The first-order chi connectivity index (χ1) is 9.07. The highest BCUT2D eigenvalue weighted by atomic mass is 16.3. The lowest BCUT2D eigenvalue weighted by atomic mass is 9.79. The number of carbonyl (C=O) groups excluding carboxylic acids is 1. The second kappa shape index (κ2) is 6.15. The second-order valence-corrected chi connectivity index (χ2v) is 5.72. The minimum absolute atomic E-state index is 0.0433. The van der Waals surface area contributed by atoms with Crippen LogP contribution in [0.5, 0.6) is 0 Å². The first-order valence-electron chi connectivity index (χ1n) is 6.95. The molecular weight excluding hydrogens is 240 g/mol. The van der Waals surface area contributed by atoms with Crippen molar-refractivity contribution in [2.45, 2.75) is 44.6 Å². The largest absolute Gasteiger partial charge is 0.388 e. The van der Waals surface area contributed by atoms with E-state index in [4.69, 9.17) is 0 Å². The Kier molecular flexibility index (Phi) is 4.53. The van der Waals surface area contributed by atoms with Crippen molar-refractivity contribution in [1.82, 2.24) is 10.3 Å². The van der Waals surface area contributed by atoms with Crippen LogP contribution < -0.4 is 5.32 Å². The highest BCUT2D eigenvalue weighted by Gasteiger charge is 2.31. The van der Waals surface area contributed by atoms with E-state index >= 15 is 0 Å². The van der Waals surface area contributed by atoms with E-state index in [1.165, 1.54) is 0 Å². The lowest BCUT2D eigenvalue weighted by Crippen LogP contribution is -2.45. The average molecular weight is 262 g/mol. The molecule has 0 unspecified atom stereocenters. The van der Waals surface area contributed by atoms with Gasteiger partial charge in [-0.1, -0.05) is 6.92 Å². The van der Waals surface area contributed by atoms with Gasteiger partial charge in [0, 0.05) is 18.9 Å². The molecule has 19 heavy (non-hydrogen) atoms. The Hall–Kier alpha value is -1.42. The van der Waals surface area contributed by atoms with Crippen molar-refractivity contribution in [2.24, 2.45) is 5.92 Å². The maximum absolute atomic E-state index is 11.8. The molecule has 1 aromatic heterocycles. The van der Waals surface area contributed by atoms with E-state index in [9.17, 15) is 9.90 Å². The minimum atomic E-state index is -0.708. The summed E-state index contributed by atoms with van der Waals surface area (Å²) in [6.45, 7) is 2.57. The standard InChI is InChI=1S/C15H22N2O2/c1-12-2-6-15(19,7-3-12)11-17-14(18)10-13-4-8-16-9-5-13/h4-5,8-9,12,19H,2-3,6-7,10-11H2,1H3,(H,17,18). The van der Waals surface area contributed by atoms with Crippen LogP contribution in [0, 0.1) is 5.92 Å². The van der Waals surface area contributed by atoms with Crippen LogP contribution in [0.3, 0.4) is 0 Å². The molecular formula is C15H22N2O2. The van der Waals surface area contributed by atoms with Crippen LogP contribution >= 0.6 is 0 Å². The van der Waals surface area contributed by atoms with Crippen molar-refractivity contribution in [1.29, 1.82) is 0 Å². The van der Waals surface area contributed by atoms with Gasteiger partial charge in [-0.15, -0.1) is 0 Å². The molecule has 2 rings (SSSR count). The predicted molar refractivity (Wildman–Crippen MR) is 73.5 cm³/mol. The first kappa shape index (κ1) is 14.0. The summed E-state index contributed by atoms with van der Waals surface area (Å²) in [7, 11) is 0. The molecule has 1 aliphatic carbocycles. The SMILES string of the molecule is CC1CCC(O)(CNC(=O)Cc2ccncc2)CC1. The normalized spacial score (nSPS) is 26.9.